The number of nitrogens with zero attached hydrogens (tertiary/aromatic N) is 1. The van der Waals surface area contributed by atoms with Crippen molar-refractivity contribution in [3.63, 3.8) is 0 Å². The van der Waals surface area contributed by atoms with E-state index >= 15 is 0 Å². The summed E-state index contributed by atoms with van der Waals surface area (Å²) in [4.78, 5) is 4.17. The van der Waals surface area contributed by atoms with Gasteiger partial charge in [-0.05, 0) is 37.6 Å². The minimum Gasteiger partial charge on any atom is -0.494 e. The average molecular weight is 407 g/mol. The number of ether oxygens (including phenoxy) is 3. The van der Waals surface area contributed by atoms with Crippen LogP contribution in [0.5, 0.6) is 17.2 Å². The minimum absolute atomic E-state index is 0.0247. The molecule has 0 atom stereocenters. The van der Waals surface area contributed by atoms with Gasteiger partial charge in [0.25, 0.3) is 0 Å². The molecule has 0 unspecified atom stereocenters. The van der Waals surface area contributed by atoms with E-state index in [1.54, 1.807) is 32.2 Å². The Bertz CT molecular complexity index is 800. The average Bonchev–Trinajstić information content (AvgIpc) is 2.70. The van der Waals surface area contributed by atoms with Gasteiger partial charge in [0.05, 0.1) is 13.2 Å². The first kappa shape index (κ1) is 22.3. The van der Waals surface area contributed by atoms with Crippen LogP contribution >= 0.6 is 0 Å². The van der Waals surface area contributed by atoms with Crippen molar-refractivity contribution in [3.05, 3.63) is 53.6 Å². The number of nitrogens with one attached hydrogen (secondary N) is 2. The summed E-state index contributed by atoms with van der Waals surface area (Å²) in [5.41, 5.74) is 1.57. The maximum absolute atomic E-state index is 12.8. The topological polar surface area (TPSA) is 64.1 Å². The molecule has 0 aliphatic heterocycles. The van der Waals surface area contributed by atoms with Gasteiger partial charge in [-0.2, -0.15) is 8.78 Å². The van der Waals surface area contributed by atoms with E-state index in [1.807, 2.05) is 31.2 Å². The quantitative estimate of drug-likeness (QED) is 0.461. The first-order valence-electron chi connectivity index (χ1n) is 9.43. The van der Waals surface area contributed by atoms with Crippen molar-refractivity contribution in [1.82, 2.24) is 10.6 Å². The SMILES string of the molecule is CCOc1cccc(CNC(=NC)NCc2cccc(OCC)c2OC(F)F)c1. The first-order chi connectivity index (χ1) is 14.1. The number of alkyl halides is 2. The number of hydrogen-bond donors (Lipinski definition) is 2. The van der Waals surface area contributed by atoms with E-state index in [-0.39, 0.29) is 18.0 Å². The summed E-state index contributed by atoms with van der Waals surface area (Å²) >= 11 is 0. The largest absolute Gasteiger partial charge is 0.494 e. The molecule has 2 aromatic rings. The van der Waals surface area contributed by atoms with Crippen LogP contribution in [0.3, 0.4) is 0 Å². The van der Waals surface area contributed by atoms with Gasteiger partial charge in [-0.3, -0.25) is 4.99 Å². The van der Waals surface area contributed by atoms with Crippen LogP contribution in [0.1, 0.15) is 25.0 Å². The van der Waals surface area contributed by atoms with Crippen LogP contribution in [0, 0.1) is 0 Å². The van der Waals surface area contributed by atoms with Crippen molar-refractivity contribution >= 4 is 5.96 Å². The summed E-state index contributed by atoms with van der Waals surface area (Å²) in [7, 11) is 1.64. The molecule has 2 N–H and O–H groups in total. The molecule has 0 bridgehead atoms. The second kappa shape index (κ2) is 11.7. The van der Waals surface area contributed by atoms with E-state index < -0.39 is 6.61 Å². The second-order valence-electron chi connectivity index (χ2n) is 5.92. The van der Waals surface area contributed by atoms with Gasteiger partial charge >= 0.3 is 6.61 Å². The fraction of sp³-hybridized carbons (Fsp3) is 0.381. The number of guanidine groups is 1. The molecule has 0 aliphatic carbocycles. The number of benzene rings is 2. The lowest BCUT2D eigenvalue weighted by atomic mass is 10.2. The Kier molecular flexibility index (Phi) is 9.01. The standard InChI is InChI=1S/C21H27F2N3O3/c1-4-27-17-10-6-8-15(12-17)13-25-21(24-3)26-14-16-9-7-11-18(28-5-2)19(16)29-20(22)23/h6-12,20H,4-5,13-14H2,1-3H3,(H2,24,25,26). The summed E-state index contributed by atoms with van der Waals surface area (Å²) in [6.45, 7) is 2.49. The predicted octanol–water partition coefficient (Wildman–Crippen LogP) is 3.95. The van der Waals surface area contributed by atoms with E-state index in [1.165, 1.54) is 0 Å². The maximum Gasteiger partial charge on any atom is 0.387 e. The molecule has 2 rings (SSSR count). The van der Waals surface area contributed by atoms with Crippen LogP contribution < -0.4 is 24.8 Å². The monoisotopic (exact) mass is 407 g/mol. The Balaban J connectivity index is 2.02. The highest BCUT2D eigenvalue weighted by molar-refractivity contribution is 5.79. The lowest BCUT2D eigenvalue weighted by Gasteiger charge is -2.17. The number of rotatable bonds is 10. The molecular formula is C21H27F2N3O3. The minimum atomic E-state index is -2.94. The Morgan fingerprint density at radius 1 is 1.00 bits per heavy atom. The van der Waals surface area contributed by atoms with E-state index in [4.69, 9.17) is 9.47 Å². The van der Waals surface area contributed by atoms with Crippen LogP contribution in [0.4, 0.5) is 8.78 Å². The van der Waals surface area contributed by atoms with Gasteiger partial charge in [0.1, 0.15) is 5.75 Å². The molecule has 0 heterocycles. The lowest BCUT2D eigenvalue weighted by Crippen LogP contribution is -2.36. The first-order valence-corrected chi connectivity index (χ1v) is 9.43. The Hall–Kier alpha value is -3.03. The molecule has 2 aromatic carbocycles. The molecule has 8 heteroatoms. The molecule has 0 radical (unpaired) electrons. The zero-order valence-electron chi connectivity index (χ0n) is 16.9. The Labute approximate surface area is 169 Å². The van der Waals surface area contributed by atoms with E-state index in [0.717, 1.165) is 11.3 Å². The summed E-state index contributed by atoms with van der Waals surface area (Å²) < 4.78 is 41.3. The van der Waals surface area contributed by atoms with Gasteiger partial charge in [-0.1, -0.05) is 24.3 Å². The number of hydrogen-bond acceptors (Lipinski definition) is 4. The number of para-hydroxylation sites is 1. The lowest BCUT2D eigenvalue weighted by molar-refractivity contribution is -0.0520. The van der Waals surface area contributed by atoms with Crippen LogP contribution in [0.2, 0.25) is 0 Å². The van der Waals surface area contributed by atoms with Gasteiger partial charge in [0.2, 0.25) is 0 Å². The predicted molar refractivity (Wildman–Crippen MR) is 109 cm³/mol. The zero-order chi connectivity index (χ0) is 21.1. The van der Waals surface area contributed by atoms with Crippen LogP contribution in [-0.2, 0) is 13.1 Å². The van der Waals surface area contributed by atoms with Crippen LogP contribution in [0.25, 0.3) is 0 Å². The normalized spacial score (nSPS) is 11.3. The van der Waals surface area contributed by atoms with Crippen molar-refractivity contribution in [2.24, 2.45) is 4.99 Å². The molecule has 0 fully saturated rings. The van der Waals surface area contributed by atoms with Crippen molar-refractivity contribution in [2.45, 2.75) is 33.5 Å². The molecule has 29 heavy (non-hydrogen) atoms. The summed E-state index contributed by atoms with van der Waals surface area (Å²) in [5, 5.41) is 6.29. The maximum atomic E-state index is 12.8. The van der Waals surface area contributed by atoms with Crippen molar-refractivity contribution in [3.8, 4) is 17.2 Å². The van der Waals surface area contributed by atoms with Crippen molar-refractivity contribution in [1.29, 1.82) is 0 Å². The van der Waals surface area contributed by atoms with E-state index in [2.05, 4.69) is 20.4 Å². The Morgan fingerprint density at radius 3 is 2.41 bits per heavy atom. The fourth-order valence-corrected chi connectivity index (χ4v) is 2.69. The van der Waals surface area contributed by atoms with Crippen LogP contribution in [0.15, 0.2) is 47.5 Å². The Morgan fingerprint density at radius 2 is 1.72 bits per heavy atom. The van der Waals surface area contributed by atoms with Crippen molar-refractivity contribution in [2.75, 3.05) is 20.3 Å². The number of halogens is 2. The highest BCUT2D eigenvalue weighted by Gasteiger charge is 2.16. The molecule has 0 aromatic heterocycles. The molecular weight excluding hydrogens is 380 g/mol. The fourth-order valence-electron chi connectivity index (χ4n) is 2.69. The molecule has 0 amide bonds. The molecule has 158 valence electrons. The summed E-state index contributed by atoms with van der Waals surface area (Å²) in [6, 6.07) is 12.8. The molecule has 0 saturated carbocycles. The van der Waals surface area contributed by atoms with E-state index in [9.17, 15) is 8.78 Å². The highest BCUT2D eigenvalue weighted by atomic mass is 19.3. The summed E-state index contributed by atoms with van der Waals surface area (Å²) in [5.74, 6) is 1.63. The number of aliphatic imine (C=N–C) groups is 1. The highest BCUT2D eigenvalue weighted by Crippen LogP contribution is 2.32. The zero-order valence-corrected chi connectivity index (χ0v) is 16.9. The smallest absolute Gasteiger partial charge is 0.387 e. The van der Waals surface area contributed by atoms with Gasteiger partial charge < -0.3 is 24.8 Å². The van der Waals surface area contributed by atoms with Gasteiger partial charge in [-0.25, -0.2) is 0 Å². The second-order valence-corrected chi connectivity index (χ2v) is 5.92. The summed E-state index contributed by atoms with van der Waals surface area (Å²) in [6.07, 6.45) is 0. The molecule has 0 spiro atoms. The molecule has 0 saturated heterocycles. The van der Waals surface area contributed by atoms with E-state index in [0.29, 0.717) is 31.3 Å². The van der Waals surface area contributed by atoms with Crippen molar-refractivity contribution < 1.29 is 23.0 Å². The van der Waals surface area contributed by atoms with Gasteiger partial charge in [0.15, 0.2) is 17.5 Å². The third-order valence-corrected chi connectivity index (χ3v) is 3.91. The molecule has 0 aliphatic rings. The van der Waals surface area contributed by atoms with Gasteiger partial charge in [0, 0.05) is 25.7 Å². The third-order valence-electron chi connectivity index (χ3n) is 3.91. The van der Waals surface area contributed by atoms with Gasteiger partial charge in [-0.15, -0.1) is 0 Å². The molecule has 6 nitrogen and oxygen atoms in total. The third kappa shape index (κ3) is 7.14. The van der Waals surface area contributed by atoms with Crippen LogP contribution in [-0.4, -0.2) is 32.8 Å².